The van der Waals surface area contributed by atoms with E-state index in [2.05, 4.69) is 0 Å². The van der Waals surface area contributed by atoms with Crippen molar-refractivity contribution in [2.75, 3.05) is 0 Å². The van der Waals surface area contributed by atoms with E-state index in [1.807, 2.05) is 0 Å². The number of rotatable bonds is 3. The summed E-state index contributed by atoms with van der Waals surface area (Å²) in [6.45, 7) is 1.49. The van der Waals surface area contributed by atoms with Crippen LogP contribution in [0.25, 0.3) is 0 Å². The van der Waals surface area contributed by atoms with Gasteiger partial charge in [-0.25, -0.2) is 0 Å². The van der Waals surface area contributed by atoms with Gasteiger partial charge in [-0.05, 0) is 25.7 Å². The zero-order chi connectivity index (χ0) is 7.78. The molecule has 10 heavy (non-hydrogen) atoms. The molecule has 0 amide bonds. The van der Waals surface area contributed by atoms with Crippen LogP contribution in [0.15, 0.2) is 0 Å². The van der Waals surface area contributed by atoms with Crippen LogP contribution in [0.2, 0.25) is 0 Å². The Kier molecular flexibility index (Phi) is 1.50. The van der Waals surface area contributed by atoms with Gasteiger partial charge in [0.15, 0.2) is 0 Å². The highest BCUT2D eigenvalue weighted by molar-refractivity contribution is 5.92. The van der Waals surface area contributed by atoms with Crippen LogP contribution < -0.4 is 0 Å². The number of aldehydes is 1. The fourth-order valence-corrected chi connectivity index (χ4v) is 1.00. The van der Waals surface area contributed by atoms with Crippen molar-refractivity contribution in [3.8, 4) is 0 Å². The summed E-state index contributed by atoms with van der Waals surface area (Å²) in [4.78, 5) is 20.9. The van der Waals surface area contributed by atoms with Crippen LogP contribution in [0, 0.1) is 11.3 Å². The van der Waals surface area contributed by atoms with E-state index in [9.17, 15) is 9.59 Å². The molecular weight excluding hydrogens is 132 g/mol. The highest BCUT2D eigenvalue weighted by Crippen LogP contribution is 2.44. The van der Waals surface area contributed by atoms with Crippen molar-refractivity contribution in [3.63, 3.8) is 0 Å². The van der Waals surface area contributed by atoms with Crippen molar-refractivity contribution in [3.05, 3.63) is 0 Å². The largest absolute Gasteiger partial charge is 0.481 e. The third-order valence-electron chi connectivity index (χ3n) is 2.13. The molecule has 0 radical (unpaired) electrons. The summed E-state index contributed by atoms with van der Waals surface area (Å²) in [5.74, 6) is -0.910. The minimum Gasteiger partial charge on any atom is -0.481 e. The Morgan fingerprint density at radius 3 is 2.30 bits per heavy atom. The predicted molar refractivity (Wildman–Crippen MR) is 34.5 cm³/mol. The van der Waals surface area contributed by atoms with Gasteiger partial charge >= 0.3 is 5.97 Å². The average Bonchev–Trinajstić information content (AvgIpc) is 2.67. The molecule has 3 heteroatoms. The van der Waals surface area contributed by atoms with Gasteiger partial charge in [0.1, 0.15) is 11.7 Å². The van der Waals surface area contributed by atoms with Crippen molar-refractivity contribution >= 4 is 12.3 Å². The third-order valence-corrected chi connectivity index (χ3v) is 2.13. The van der Waals surface area contributed by atoms with Crippen molar-refractivity contribution in [2.45, 2.75) is 19.8 Å². The van der Waals surface area contributed by atoms with E-state index < -0.39 is 11.4 Å². The van der Waals surface area contributed by atoms with Gasteiger partial charge in [0.2, 0.25) is 0 Å². The number of hydrogen-bond acceptors (Lipinski definition) is 2. The first-order valence-electron chi connectivity index (χ1n) is 3.31. The number of carbonyl (C=O) groups is 2. The number of carboxylic acid groups (broad SMARTS) is 1. The molecule has 1 atom stereocenters. The molecule has 0 aromatic rings. The maximum absolute atomic E-state index is 10.5. The molecule has 0 bridgehead atoms. The van der Waals surface area contributed by atoms with Gasteiger partial charge in [-0.3, -0.25) is 4.79 Å². The molecule has 1 N–H and O–H groups in total. The van der Waals surface area contributed by atoms with Crippen molar-refractivity contribution < 1.29 is 14.7 Å². The molecule has 0 heterocycles. The van der Waals surface area contributed by atoms with Crippen LogP contribution in [0.1, 0.15) is 19.8 Å². The monoisotopic (exact) mass is 142 g/mol. The normalized spacial score (nSPS) is 23.3. The topological polar surface area (TPSA) is 54.4 Å². The Labute approximate surface area is 59.0 Å². The molecule has 1 unspecified atom stereocenters. The first-order chi connectivity index (χ1) is 4.61. The van der Waals surface area contributed by atoms with Gasteiger partial charge < -0.3 is 9.90 Å². The maximum Gasteiger partial charge on any atom is 0.316 e. The SMILES string of the molecule is CC(C=O)(C(=O)O)C1CC1. The Bertz CT molecular complexity index is 172. The molecule has 1 aliphatic rings. The Hall–Kier alpha value is -0.860. The minimum atomic E-state index is -1.11. The highest BCUT2D eigenvalue weighted by Gasteiger charge is 2.47. The fourth-order valence-electron chi connectivity index (χ4n) is 1.00. The molecule has 1 saturated carbocycles. The summed E-state index contributed by atoms with van der Waals surface area (Å²) < 4.78 is 0. The van der Waals surface area contributed by atoms with Gasteiger partial charge in [-0.2, -0.15) is 0 Å². The van der Waals surface area contributed by atoms with E-state index in [4.69, 9.17) is 5.11 Å². The zero-order valence-electron chi connectivity index (χ0n) is 5.83. The first kappa shape index (κ1) is 7.25. The molecular formula is C7H10O3. The van der Waals surface area contributed by atoms with Crippen LogP contribution in [-0.4, -0.2) is 17.4 Å². The van der Waals surface area contributed by atoms with Crippen LogP contribution in [0.4, 0.5) is 0 Å². The lowest BCUT2D eigenvalue weighted by Gasteiger charge is -2.15. The van der Waals surface area contributed by atoms with Crippen LogP contribution in [0.3, 0.4) is 0 Å². The second kappa shape index (κ2) is 2.08. The fraction of sp³-hybridized carbons (Fsp3) is 0.714. The molecule has 3 nitrogen and oxygen atoms in total. The van der Waals surface area contributed by atoms with Crippen molar-refractivity contribution in [1.82, 2.24) is 0 Å². The first-order valence-corrected chi connectivity index (χ1v) is 3.31. The number of hydrogen-bond donors (Lipinski definition) is 1. The summed E-state index contributed by atoms with van der Waals surface area (Å²) in [5, 5.41) is 8.61. The van der Waals surface area contributed by atoms with Crippen molar-refractivity contribution in [1.29, 1.82) is 0 Å². The summed E-state index contributed by atoms with van der Waals surface area (Å²) in [5.41, 5.74) is -1.11. The van der Waals surface area contributed by atoms with E-state index in [0.717, 1.165) is 12.8 Å². The van der Waals surface area contributed by atoms with E-state index >= 15 is 0 Å². The number of carbonyl (C=O) groups excluding carboxylic acids is 1. The Morgan fingerprint density at radius 2 is 2.20 bits per heavy atom. The molecule has 1 fully saturated rings. The Morgan fingerprint density at radius 1 is 1.70 bits per heavy atom. The summed E-state index contributed by atoms with van der Waals surface area (Å²) in [6, 6.07) is 0. The minimum absolute atomic E-state index is 0.0856. The molecule has 0 saturated heterocycles. The quantitative estimate of drug-likeness (QED) is 0.465. The summed E-state index contributed by atoms with van der Waals surface area (Å²) in [6.07, 6.45) is 2.30. The second-order valence-corrected chi connectivity index (χ2v) is 2.98. The standard InChI is InChI=1S/C7H10O3/c1-7(4-8,6(9)10)5-2-3-5/h4-5H,2-3H2,1H3,(H,9,10). The number of aliphatic carboxylic acids is 1. The lowest BCUT2D eigenvalue weighted by Crippen LogP contribution is -2.31. The van der Waals surface area contributed by atoms with Gasteiger partial charge in [0.05, 0.1) is 0 Å². The highest BCUT2D eigenvalue weighted by atomic mass is 16.4. The molecule has 1 aliphatic carbocycles. The number of carboxylic acids is 1. The van der Waals surface area contributed by atoms with E-state index in [1.165, 1.54) is 6.92 Å². The predicted octanol–water partition coefficient (Wildman–Crippen LogP) is 0.686. The van der Waals surface area contributed by atoms with Gasteiger partial charge in [0, 0.05) is 0 Å². The van der Waals surface area contributed by atoms with Crippen LogP contribution in [-0.2, 0) is 9.59 Å². The smallest absolute Gasteiger partial charge is 0.316 e. The third kappa shape index (κ3) is 0.916. The molecule has 56 valence electrons. The second-order valence-electron chi connectivity index (χ2n) is 2.98. The lowest BCUT2D eigenvalue weighted by molar-refractivity contribution is -0.151. The van der Waals surface area contributed by atoms with Crippen LogP contribution >= 0.6 is 0 Å². The van der Waals surface area contributed by atoms with Crippen LogP contribution in [0.5, 0.6) is 0 Å². The van der Waals surface area contributed by atoms with E-state index in [-0.39, 0.29) is 5.92 Å². The van der Waals surface area contributed by atoms with Gasteiger partial charge in [-0.1, -0.05) is 0 Å². The molecule has 1 rings (SSSR count). The summed E-state index contributed by atoms with van der Waals surface area (Å²) in [7, 11) is 0. The zero-order valence-corrected chi connectivity index (χ0v) is 5.83. The van der Waals surface area contributed by atoms with Crippen molar-refractivity contribution in [2.24, 2.45) is 11.3 Å². The van der Waals surface area contributed by atoms with E-state index in [0.29, 0.717) is 6.29 Å². The Balaban J connectivity index is 2.74. The summed E-state index contributed by atoms with van der Waals surface area (Å²) >= 11 is 0. The lowest BCUT2D eigenvalue weighted by atomic mass is 9.87. The van der Waals surface area contributed by atoms with Gasteiger partial charge in [-0.15, -0.1) is 0 Å². The molecule has 0 aromatic heterocycles. The maximum atomic E-state index is 10.5. The average molecular weight is 142 g/mol. The molecule has 0 aliphatic heterocycles. The van der Waals surface area contributed by atoms with Gasteiger partial charge in [0.25, 0.3) is 0 Å². The van der Waals surface area contributed by atoms with E-state index in [1.54, 1.807) is 0 Å². The molecule has 0 spiro atoms. The molecule has 0 aromatic carbocycles.